The maximum atomic E-state index is 12.9. The molecule has 0 spiro atoms. The molecule has 0 saturated carbocycles. The summed E-state index contributed by atoms with van der Waals surface area (Å²) in [7, 11) is 0. The Hall–Kier alpha value is -0.0700. The molecule has 2 aliphatic rings. The third-order valence-corrected chi connectivity index (χ3v) is 6.02. The van der Waals surface area contributed by atoms with Gasteiger partial charge >= 0.3 is 6.18 Å². The Bertz CT molecular complexity index is 474. The molecule has 0 radical (unpaired) electrons. The average Bonchev–Trinajstić information content (AvgIpc) is 2.76. The lowest BCUT2D eigenvalue weighted by Gasteiger charge is -2.24. The summed E-state index contributed by atoms with van der Waals surface area (Å²) in [6.45, 7) is 0. The van der Waals surface area contributed by atoms with Crippen LogP contribution in [0.15, 0.2) is 18.2 Å². The molecule has 17 heavy (non-hydrogen) atoms. The second-order valence-corrected chi connectivity index (χ2v) is 6.29. The molecule has 0 aromatic heterocycles. The van der Waals surface area contributed by atoms with Gasteiger partial charge in [-0.05, 0) is 17.2 Å². The van der Waals surface area contributed by atoms with Gasteiger partial charge in [-0.25, -0.2) is 0 Å². The highest BCUT2D eigenvalue weighted by molar-refractivity contribution is 9.12. The van der Waals surface area contributed by atoms with Gasteiger partial charge in [0.15, 0.2) is 0 Å². The number of ether oxygens (including phenoxy) is 1. The Labute approximate surface area is 113 Å². The van der Waals surface area contributed by atoms with Crippen LogP contribution in [0.3, 0.4) is 0 Å². The van der Waals surface area contributed by atoms with Crippen LogP contribution in [-0.4, -0.2) is 9.65 Å². The van der Waals surface area contributed by atoms with Crippen LogP contribution in [0.2, 0.25) is 0 Å². The fraction of sp³-hybridized carbons (Fsp3) is 0.455. The molecule has 0 aliphatic carbocycles. The molecular weight excluding hydrogens is 365 g/mol. The van der Waals surface area contributed by atoms with Crippen molar-refractivity contribution in [3.8, 4) is 0 Å². The molecule has 1 fully saturated rings. The van der Waals surface area contributed by atoms with Gasteiger partial charge in [0, 0.05) is 0 Å². The van der Waals surface area contributed by atoms with Crippen molar-refractivity contribution < 1.29 is 17.9 Å². The van der Waals surface area contributed by atoms with Crippen LogP contribution < -0.4 is 0 Å². The summed E-state index contributed by atoms with van der Waals surface area (Å²) < 4.78 is 44.3. The second-order valence-electron chi connectivity index (χ2n) is 4.17. The Morgan fingerprint density at radius 2 is 1.71 bits per heavy atom. The van der Waals surface area contributed by atoms with Crippen LogP contribution in [0.4, 0.5) is 13.2 Å². The maximum absolute atomic E-state index is 12.9. The number of rotatable bonds is 0. The molecular formula is C11H7Br2F3O. The molecule has 1 aromatic carbocycles. The number of fused-ring (bicyclic) bond motifs is 5. The molecule has 2 aliphatic heterocycles. The number of hydrogen-bond acceptors (Lipinski definition) is 1. The third kappa shape index (κ3) is 1.60. The molecule has 3 rings (SSSR count). The van der Waals surface area contributed by atoms with Crippen LogP contribution in [0.1, 0.15) is 28.9 Å². The van der Waals surface area contributed by atoms with Gasteiger partial charge in [-0.1, -0.05) is 44.0 Å². The number of alkyl halides is 5. The van der Waals surface area contributed by atoms with Gasteiger partial charge in [0.1, 0.15) is 0 Å². The smallest absolute Gasteiger partial charge is 0.363 e. The van der Waals surface area contributed by atoms with E-state index < -0.39 is 17.8 Å². The van der Waals surface area contributed by atoms with E-state index in [1.165, 1.54) is 6.07 Å². The Morgan fingerprint density at radius 3 is 2.35 bits per heavy atom. The van der Waals surface area contributed by atoms with Crippen molar-refractivity contribution in [1.82, 2.24) is 0 Å². The fourth-order valence-corrected chi connectivity index (χ4v) is 3.86. The summed E-state index contributed by atoms with van der Waals surface area (Å²) in [5.74, 6) is 0. The lowest BCUT2D eigenvalue weighted by atomic mass is 9.88. The molecule has 1 nitrogen and oxygen atoms in total. The Balaban J connectivity index is 2.19. The van der Waals surface area contributed by atoms with Gasteiger partial charge in [0.25, 0.3) is 0 Å². The highest BCUT2D eigenvalue weighted by atomic mass is 79.9. The molecule has 0 amide bonds. The SMILES string of the molecule is FC(F)(F)c1cccc2c1[C@@H]1O[C@H]2[C@H](Br)[C@@H]1Br. The molecule has 0 unspecified atom stereocenters. The van der Waals surface area contributed by atoms with Crippen molar-refractivity contribution >= 4 is 31.9 Å². The minimum atomic E-state index is -4.33. The first-order chi connectivity index (χ1) is 7.91. The monoisotopic (exact) mass is 370 g/mol. The normalized spacial score (nSPS) is 35.1. The third-order valence-electron chi connectivity index (χ3n) is 3.21. The molecule has 4 atom stereocenters. The van der Waals surface area contributed by atoms with Gasteiger partial charge < -0.3 is 4.74 Å². The van der Waals surface area contributed by atoms with E-state index in [1.807, 2.05) is 0 Å². The minimum Gasteiger partial charge on any atom is -0.363 e. The maximum Gasteiger partial charge on any atom is 0.416 e. The zero-order valence-corrected chi connectivity index (χ0v) is 11.5. The van der Waals surface area contributed by atoms with Crippen LogP contribution in [0.25, 0.3) is 0 Å². The first-order valence-electron chi connectivity index (χ1n) is 5.05. The van der Waals surface area contributed by atoms with Crippen LogP contribution >= 0.6 is 31.9 Å². The predicted molar refractivity (Wildman–Crippen MR) is 63.4 cm³/mol. The first kappa shape index (κ1) is 12.0. The van der Waals surface area contributed by atoms with E-state index in [0.29, 0.717) is 11.1 Å². The summed E-state index contributed by atoms with van der Waals surface area (Å²) in [6.07, 6.45) is -5.13. The van der Waals surface area contributed by atoms with Crippen molar-refractivity contribution in [1.29, 1.82) is 0 Å². The lowest BCUT2D eigenvalue weighted by molar-refractivity contribution is -0.138. The van der Waals surface area contributed by atoms with E-state index in [-0.39, 0.29) is 15.8 Å². The van der Waals surface area contributed by atoms with Gasteiger partial charge in [0.2, 0.25) is 0 Å². The summed E-state index contributed by atoms with van der Waals surface area (Å²) in [5.41, 5.74) is 0.372. The molecule has 6 heteroatoms. The molecule has 1 saturated heterocycles. The molecule has 1 aromatic rings. The fourth-order valence-electron chi connectivity index (χ4n) is 2.51. The van der Waals surface area contributed by atoms with E-state index in [4.69, 9.17) is 4.74 Å². The zero-order valence-electron chi connectivity index (χ0n) is 8.34. The summed E-state index contributed by atoms with van der Waals surface area (Å²) in [4.78, 5) is -0.105. The topological polar surface area (TPSA) is 9.23 Å². The van der Waals surface area contributed by atoms with E-state index in [1.54, 1.807) is 6.07 Å². The number of benzene rings is 1. The number of hydrogen-bond donors (Lipinski definition) is 0. The predicted octanol–water partition coefficient (Wildman–Crippen LogP) is 4.36. The van der Waals surface area contributed by atoms with Crippen molar-refractivity contribution in [2.24, 2.45) is 0 Å². The molecule has 2 bridgehead atoms. The van der Waals surface area contributed by atoms with E-state index >= 15 is 0 Å². The van der Waals surface area contributed by atoms with E-state index in [0.717, 1.165) is 6.07 Å². The summed E-state index contributed by atoms with van der Waals surface area (Å²) >= 11 is 6.84. The van der Waals surface area contributed by atoms with E-state index in [2.05, 4.69) is 31.9 Å². The van der Waals surface area contributed by atoms with Gasteiger partial charge in [-0.15, -0.1) is 0 Å². The summed E-state index contributed by atoms with van der Waals surface area (Å²) in [6, 6.07) is 4.27. The minimum absolute atomic E-state index is 0.0171. The largest absolute Gasteiger partial charge is 0.416 e. The van der Waals surface area contributed by atoms with Crippen molar-refractivity contribution in [3.63, 3.8) is 0 Å². The van der Waals surface area contributed by atoms with Crippen LogP contribution in [-0.2, 0) is 10.9 Å². The standard InChI is InChI=1S/C11H7Br2F3O/c12-7-8(13)10-6-4(9(7)17-10)2-1-3-5(6)11(14,15)16/h1-3,7-10H/t7-,8+,9-,10+/m1/s1. The van der Waals surface area contributed by atoms with Crippen molar-refractivity contribution in [2.45, 2.75) is 28.0 Å². The molecule has 0 N–H and O–H groups in total. The van der Waals surface area contributed by atoms with Crippen molar-refractivity contribution in [3.05, 3.63) is 34.9 Å². The van der Waals surface area contributed by atoms with Crippen LogP contribution in [0, 0.1) is 0 Å². The highest BCUT2D eigenvalue weighted by Gasteiger charge is 2.53. The van der Waals surface area contributed by atoms with Gasteiger partial charge in [-0.2, -0.15) is 13.2 Å². The Kier molecular flexibility index (Phi) is 2.62. The first-order valence-corrected chi connectivity index (χ1v) is 6.88. The van der Waals surface area contributed by atoms with Gasteiger partial charge in [0.05, 0.1) is 27.4 Å². The van der Waals surface area contributed by atoms with Crippen LogP contribution in [0.5, 0.6) is 0 Å². The van der Waals surface area contributed by atoms with Crippen molar-refractivity contribution in [2.75, 3.05) is 0 Å². The van der Waals surface area contributed by atoms with E-state index in [9.17, 15) is 13.2 Å². The molecule has 2 heterocycles. The quantitative estimate of drug-likeness (QED) is 0.616. The second kappa shape index (κ2) is 3.71. The molecule has 92 valence electrons. The highest BCUT2D eigenvalue weighted by Crippen LogP contribution is 2.58. The van der Waals surface area contributed by atoms with Gasteiger partial charge in [-0.3, -0.25) is 0 Å². The number of halogens is 5. The zero-order chi connectivity index (χ0) is 12.4. The average molecular weight is 372 g/mol. The summed E-state index contributed by atoms with van der Waals surface area (Å²) in [5, 5.41) is 0. The lowest BCUT2D eigenvalue weighted by Crippen LogP contribution is -2.24. The Morgan fingerprint density at radius 1 is 1.06 bits per heavy atom.